The van der Waals surface area contributed by atoms with E-state index in [0.29, 0.717) is 11.7 Å². The van der Waals surface area contributed by atoms with Gasteiger partial charge in [-0.05, 0) is 37.1 Å². The monoisotopic (exact) mass is 353 g/mol. The molecule has 0 saturated heterocycles. The number of nitrogens with zero attached hydrogens (tertiary/aromatic N) is 2. The first kappa shape index (κ1) is 16.0. The molecule has 0 aliphatic heterocycles. The minimum Gasteiger partial charge on any atom is -0.485 e. The molecule has 114 valence electrons. The summed E-state index contributed by atoms with van der Waals surface area (Å²) in [7, 11) is 0. The van der Waals surface area contributed by atoms with E-state index < -0.39 is 0 Å². The van der Waals surface area contributed by atoms with Crippen LogP contribution in [0, 0.1) is 0 Å². The lowest BCUT2D eigenvalue weighted by atomic mass is 10.1. The molecule has 5 nitrogen and oxygen atoms in total. The Morgan fingerprint density at radius 2 is 2.10 bits per heavy atom. The third-order valence-corrected chi connectivity index (χ3v) is 3.39. The Hall–Kier alpha value is -1.40. The van der Waals surface area contributed by atoms with Crippen molar-refractivity contribution in [3.8, 4) is 5.75 Å². The molecule has 0 saturated carbocycles. The van der Waals surface area contributed by atoms with Gasteiger partial charge in [0, 0.05) is 16.4 Å². The van der Waals surface area contributed by atoms with Crippen molar-refractivity contribution in [1.82, 2.24) is 10.1 Å². The standard InChI is InChI=1S/C15H20BrN3O2/c1-9(2)15-18-14(19-21-15)8-20-13-5-4-12(16)7-11(13)6-10(3)17/h4-5,7,9-10H,6,8,17H2,1-3H3. The van der Waals surface area contributed by atoms with Gasteiger partial charge in [0.25, 0.3) is 0 Å². The minimum atomic E-state index is 0.0689. The highest BCUT2D eigenvalue weighted by Gasteiger charge is 2.12. The maximum absolute atomic E-state index is 5.88. The van der Waals surface area contributed by atoms with Crippen molar-refractivity contribution >= 4 is 15.9 Å². The maximum atomic E-state index is 5.88. The van der Waals surface area contributed by atoms with Gasteiger partial charge in [-0.3, -0.25) is 0 Å². The van der Waals surface area contributed by atoms with Crippen molar-refractivity contribution in [3.63, 3.8) is 0 Å². The molecule has 1 aromatic heterocycles. The molecule has 2 aromatic rings. The molecule has 0 spiro atoms. The molecule has 0 aliphatic carbocycles. The van der Waals surface area contributed by atoms with Gasteiger partial charge in [0.05, 0.1) is 0 Å². The number of halogens is 1. The van der Waals surface area contributed by atoms with Gasteiger partial charge in [0.2, 0.25) is 11.7 Å². The second kappa shape index (κ2) is 7.04. The summed E-state index contributed by atoms with van der Waals surface area (Å²) in [6, 6.07) is 5.95. The smallest absolute Gasteiger partial charge is 0.229 e. The fourth-order valence-electron chi connectivity index (χ4n) is 1.90. The van der Waals surface area contributed by atoms with E-state index in [1.54, 1.807) is 0 Å². The molecular formula is C15H20BrN3O2. The lowest BCUT2D eigenvalue weighted by Gasteiger charge is -2.12. The Morgan fingerprint density at radius 3 is 2.71 bits per heavy atom. The van der Waals surface area contributed by atoms with Gasteiger partial charge in [-0.1, -0.05) is 34.9 Å². The Labute approximate surface area is 133 Å². The van der Waals surface area contributed by atoms with Gasteiger partial charge in [0.1, 0.15) is 5.75 Å². The molecule has 1 heterocycles. The van der Waals surface area contributed by atoms with Gasteiger partial charge in [0.15, 0.2) is 6.61 Å². The second-order valence-electron chi connectivity index (χ2n) is 5.43. The number of benzene rings is 1. The van der Waals surface area contributed by atoms with Crippen molar-refractivity contribution in [2.24, 2.45) is 5.73 Å². The summed E-state index contributed by atoms with van der Waals surface area (Å²) < 4.78 is 12.0. The van der Waals surface area contributed by atoms with E-state index in [1.807, 2.05) is 39.0 Å². The fraction of sp³-hybridized carbons (Fsp3) is 0.467. The normalized spacial score (nSPS) is 12.7. The molecular weight excluding hydrogens is 334 g/mol. The van der Waals surface area contributed by atoms with Crippen LogP contribution in [0.5, 0.6) is 5.75 Å². The predicted octanol–water partition coefficient (Wildman–Crippen LogP) is 3.42. The van der Waals surface area contributed by atoms with Crippen LogP contribution < -0.4 is 10.5 Å². The van der Waals surface area contributed by atoms with Crippen LogP contribution in [0.4, 0.5) is 0 Å². The highest BCUT2D eigenvalue weighted by molar-refractivity contribution is 9.10. The van der Waals surface area contributed by atoms with Crippen molar-refractivity contribution in [1.29, 1.82) is 0 Å². The molecule has 2 N–H and O–H groups in total. The summed E-state index contributed by atoms with van der Waals surface area (Å²) in [5.74, 6) is 2.19. The Bertz CT molecular complexity index is 596. The van der Waals surface area contributed by atoms with Crippen LogP contribution in [0.1, 0.15) is 44.0 Å². The molecule has 1 atom stereocenters. The summed E-state index contributed by atoms with van der Waals surface area (Å²) in [5.41, 5.74) is 6.94. The van der Waals surface area contributed by atoms with Crippen LogP contribution >= 0.6 is 15.9 Å². The summed E-state index contributed by atoms with van der Waals surface area (Å²) in [6.45, 7) is 6.27. The Morgan fingerprint density at radius 1 is 1.33 bits per heavy atom. The lowest BCUT2D eigenvalue weighted by molar-refractivity contribution is 0.281. The van der Waals surface area contributed by atoms with Gasteiger partial charge in [-0.2, -0.15) is 4.98 Å². The maximum Gasteiger partial charge on any atom is 0.229 e. The number of rotatable bonds is 6. The first-order valence-corrected chi connectivity index (χ1v) is 7.74. The number of hydrogen-bond donors (Lipinski definition) is 1. The first-order valence-electron chi connectivity index (χ1n) is 6.95. The third-order valence-electron chi connectivity index (χ3n) is 2.90. The van der Waals surface area contributed by atoms with Gasteiger partial charge in [-0.25, -0.2) is 0 Å². The van der Waals surface area contributed by atoms with Crippen LogP contribution in [-0.2, 0) is 13.0 Å². The van der Waals surface area contributed by atoms with Crippen LogP contribution in [-0.4, -0.2) is 16.2 Å². The molecule has 1 unspecified atom stereocenters. The van der Waals surface area contributed by atoms with Gasteiger partial charge >= 0.3 is 0 Å². The van der Waals surface area contributed by atoms with Gasteiger partial charge in [-0.15, -0.1) is 0 Å². The molecule has 6 heteroatoms. The van der Waals surface area contributed by atoms with Crippen molar-refractivity contribution in [2.75, 3.05) is 0 Å². The fourth-order valence-corrected chi connectivity index (χ4v) is 2.31. The third kappa shape index (κ3) is 4.54. The Balaban J connectivity index is 2.08. The number of aromatic nitrogens is 2. The van der Waals surface area contributed by atoms with Crippen molar-refractivity contribution in [3.05, 3.63) is 40.0 Å². The van der Waals surface area contributed by atoms with E-state index in [-0.39, 0.29) is 18.6 Å². The van der Waals surface area contributed by atoms with Crippen molar-refractivity contribution < 1.29 is 9.26 Å². The molecule has 0 amide bonds. The molecule has 0 bridgehead atoms. The van der Waals surface area contributed by atoms with E-state index in [4.69, 9.17) is 15.0 Å². The zero-order valence-electron chi connectivity index (χ0n) is 12.5. The molecule has 21 heavy (non-hydrogen) atoms. The van der Waals surface area contributed by atoms with E-state index in [1.165, 1.54) is 0 Å². The number of hydrogen-bond acceptors (Lipinski definition) is 5. The average molecular weight is 354 g/mol. The summed E-state index contributed by atoms with van der Waals surface area (Å²) in [6.07, 6.45) is 0.748. The van der Waals surface area contributed by atoms with E-state index in [0.717, 1.165) is 22.2 Å². The minimum absolute atomic E-state index is 0.0689. The molecule has 1 aromatic carbocycles. The summed E-state index contributed by atoms with van der Waals surface area (Å²) in [4.78, 5) is 4.30. The second-order valence-corrected chi connectivity index (χ2v) is 6.34. The van der Waals surface area contributed by atoms with Crippen molar-refractivity contribution in [2.45, 2.75) is 45.8 Å². The quantitative estimate of drug-likeness (QED) is 0.860. The molecule has 0 fully saturated rings. The Kier molecular flexibility index (Phi) is 5.36. The summed E-state index contributed by atoms with van der Waals surface area (Å²) >= 11 is 3.47. The largest absolute Gasteiger partial charge is 0.485 e. The molecule has 0 radical (unpaired) electrons. The van der Waals surface area contributed by atoms with E-state index >= 15 is 0 Å². The molecule has 2 rings (SSSR count). The average Bonchev–Trinajstić information content (AvgIpc) is 2.86. The highest BCUT2D eigenvalue weighted by atomic mass is 79.9. The van der Waals surface area contributed by atoms with E-state index in [2.05, 4.69) is 26.1 Å². The zero-order valence-corrected chi connectivity index (χ0v) is 14.1. The van der Waals surface area contributed by atoms with Crippen LogP contribution in [0.25, 0.3) is 0 Å². The SMILES string of the molecule is CC(N)Cc1cc(Br)ccc1OCc1noc(C(C)C)n1. The summed E-state index contributed by atoms with van der Waals surface area (Å²) in [5, 5.41) is 3.92. The topological polar surface area (TPSA) is 74.2 Å². The van der Waals surface area contributed by atoms with Crippen LogP contribution in [0.15, 0.2) is 27.2 Å². The first-order chi connectivity index (χ1) is 9.95. The zero-order chi connectivity index (χ0) is 15.4. The highest BCUT2D eigenvalue weighted by Crippen LogP contribution is 2.25. The number of nitrogens with two attached hydrogens (primary N) is 1. The number of ether oxygens (including phenoxy) is 1. The molecule has 0 aliphatic rings. The lowest BCUT2D eigenvalue weighted by Crippen LogP contribution is -2.18. The predicted molar refractivity (Wildman–Crippen MR) is 84.2 cm³/mol. The van der Waals surface area contributed by atoms with Gasteiger partial charge < -0.3 is 15.0 Å². The van der Waals surface area contributed by atoms with Crippen LogP contribution in [0.3, 0.4) is 0 Å². The van der Waals surface area contributed by atoms with E-state index in [9.17, 15) is 0 Å². The van der Waals surface area contributed by atoms with Crippen LogP contribution in [0.2, 0.25) is 0 Å².